The van der Waals surface area contributed by atoms with Crippen LogP contribution >= 0.6 is 15.9 Å². The number of benzene rings is 3. The predicted octanol–water partition coefficient (Wildman–Crippen LogP) is 5.70. The van der Waals surface area contributed by atoms with E-state index in [4.69, 9.17) is 0 Å². The lowest BCUT2D eigenvalue weighted by Gasteiger charge is -2.07. The molecule has 1 aliphatic carbocycles. The summed E-state index contributed by atoms with van der Waals surface area (Å²) in [6, 6.07) is 21.7. The molecule has 0 saturated heterocycles. The summed E-state index contributed by atoms with van der Waals surface area (Å²) < 4.78 is 1.15. The maximum Gasteiger partial charge on any atom is 0.0181 e. The fraction of sp³-hybridized carbons (Fsp3) is 0.0526. The monoisotopic (exact) mass is 320 g/mol. The molecule has 0 radical (unpaired) electrons. The third kappa shape index (κ3) is 1.90. The Labute approximate surface area is 126 Å². The van der Waals surface area contributed by atoms with Crippen molar-refractivity contribution in [2.45, 2.75) is 6.42 Å². The number of allylic oxidation sites excluding steroid dienone is 1. The van der Waals surface area contributed by atoms with Gasteiger partial charge in [-0.15, -0.1) is 0 Å². The summed E-state index contributed by atoms with van der Waals surface area (Å²) in [4.78, 5) is 0. The van der Waals surface area contributed by atoms with E-state index in [0.29, 0.717) is 0 Å². The molecule has 0 bridgehead atoms. The Morgan fingerprint density at radius 2 is 1.70 bits per heavy atom. The molecule has 0 spiro atoms. The molecule has 20 heavy (non-hydrogen) atoms. The van der Waals surface area contributed by atoms with Crippen LogP contribution < -0.4 is 0 Å². The second-order valence-electron chi connectivity index (χ2n) is 5.22. The first-order valence-electron chi connectivity index (χ1n) is 6.78. The van der Waals surface area contributed by atoms with E-state index in [0.717, 1.165) is 10.9 Å². The van der Waals surface area contributed by atoms with Gasteiger partial charge in [-0.2, -0.15) is 0 Å². The van der Waals surface area contributed by atoms with Crippen LogP contribution in [0.4, 0.5) is 0 Å². The molecule has 4 rings (SSSR count). The fourth-order valence-corrected chi connectivity index (χ4v) is 3.36. The topological polar surface area (TPSA) is 0 Å². The van der Waals surface area contributed by atoms with Gasteiger partial charge in [0.15, 0.2) is 0 Å². The van der Waals surface area contributed by atoms with Crippen molar-refractivity contribution < 1.29 is 0 Å². The third-order valence-electron chi connectivity index (χ3n) is 3.95. The number of rotatable bonds is 1. The lowest BCUT2D eigenvalue weighted by Crippen LogP contribution is -1.87. The van der Waals surface area contributed by atoms with Gasteiger partial charge < -0.3 is 0 Å². The minimum absolute atomic E-state index is 1.02. The van der Waals surface area contributed by atoms with Crippen molar-refractivity contribution in [1.29, 1.82) is 0 Å². The second-order valence-corrected chi connectivity index (χ2v) is 6.13. The zero-order chi connectivity index (χ0) is 13.5. The molecule has 0 aromatic heterocycles. The van der Waals surface area contributed by atoms with Crippen molar-refractivity contribution in [3.8, 4) is 0 Å². The Kier molecular flexibility index (Phi) is 2.75. The molecule has 0 unspecified atom stereocenters. The van der Waals surface area contributed by atoms with Crippen molar-refractivity contribution in [3.63, 3.8) is 0 Å². The molecule has 3 aromatic rings. The smallest absolute Gasteiger partial charge is 0.0181 e. The number of hydrogen-bond donors (Lipinski definition) is 0. The van der Waals surface area contributed by atoms with E-state index in [1.807, 2.05) is 0 Å². The molecule has 0 saturated carbocycles. The molecule has 0 heterocycles. The molecule has 0 nitrogen and oxygen atoms in total. The van der Waals surface area contributed by atoms with Crippen LogP contribution in [0.5, 0.6) is 0 Å². The van der Waals surface area contributed by atoms with Crippen LogP contribution in [0.15, 0.2) is 65.1 Å². The summed E-state index contributed by atoms with van der Waals surface area (Å²) in [6.07, 6.45) is 3.35. The summed E-state index contributed by atoms with van der Waals surface area (Å²) in [5, 5.41) is 2.65. The highest BCUT2D eigenvalue weighted by Gasteiger charge is 2.15. The first-order chi connectivity index (χ1) is 9.81. The molecule has 0 N–H and O–H groups in total. The Morgan fingerprint density at radius 1 is 0.850 bits per heavy atom. The average molecular weight is 321 g/mol. The summed E-state index contributed by atoms with van der Waals surface area (Å²) >= 11 is 3.55. The standard InChI is InChI=1S/C19H13Br/c20-17-9-8-14-10-16(11-15(14)12-17)19-7-3-5-13-4-1-2-6-18(13)19/h1-9,11-12H,10H2. The van der Waals surface area contributed by atoms with Crippen molar-refractivity contribution in [1.82, 2.24) is 0 Å². The van der Waals surface area contributed by atoms with Gasteiger partial charge in [-0.05, 0) is 51.6 Å². The maximum absolute atomic E-state index is 3.55. The zero-order valence-electron chi connectivity index (χ0n) is 10.9. The molecule has 3 aromatic carbocycles. The first kappa shape index (κ1) is 11.9. The number of fused-ring (bicyclic) bond motifs is 2. The van der Waals surface area contributed by atoms with E-state index in [1.165, 1.54) is 33.0 Å². The lowest BCUT2D eigenvalue weighted by atomic mass is 9.97. The van der Waals surface area contributed by atoms with Gasteiger partial charge >= 0.3 is 0 Å². The van der Waals surface area contributed by atoms with Gasteiger partial charge in [0, 0.05) is 4.47 Å². The molecule has 96 valence electrons. The van der Waals surface area contributed by atoms with Crippen LogP contribution in [-0.2, 0) is 6.42 Å². The van der Waals surface area contributed by atoms with Crippen LogP contribution in [0.1, 0.15) is 16.7 Å². The van der Waals surface area contributed by atoms with Crippen LogP contribution in [-0.4, -0.2) is 0 Å². The van der Waals surface area contributed by atoms with E-state index in [1.54, 1.807) is 0 Å². The van der Waals surface area contributed by atoms with Crippen molar-refractivity contribution in [3.05, 3.63) is 81.8 Å². The Balaban J connectivity index is 1.88. The number of hydrogen-bond acceptors (Lipinski definition) is 0. The van der Waals surface area contributed by atoms with Crippen LogP contribution in [0.3, 0.4) is 0 Å². The van der Waals surface area contributed by atoms with Crippen LogP contribution in [0.2, 0.25) is 0 Å². The normalized spacial score (nSPS) is 13.3. The highest BCUT2D eigenvalue weighted by atomic mass is 79.9. The van der Waals surface area contributed by atoms with Gasteiger partial charge in [0.05, 0.1) is 0 Å². The largest absolute Gasteiger partial charge is 0.0616 e. The van der Waals surface area contributed by atoms with Crippen LogP contribution in [0, 0.1) is 0 Å². The minimum Gasteiger partial charge on any atom is -0.0616 e. The highest BCUT2D eigenvalue weighted by Crippen LogP contribution is 2.35. The SMILES string of the molecule is Brc1ccc2c(c1)C=C(c1cccc3ccccc13)C2. The molecular formula is C19H13Br. The van der Waals surface area contributed by atoms with E-state index < -0.39 is 0 Å². The fourth-order valence-electron chi connectivity index (χ4n) is 2.98. The Hall–Kier alpha value is -1.86. The molecule has 1 aliphatic rings. The molecular weight excluding hydrogens is 308 g/mol. The molecule has 0 amide bonds. The predicted molar refractivity (Wildman–Crippen MR) is 89.7 cm³/mol. The van der Waals surface area contributed by atoms with E-state index >= 15 is 0 Å². The minimum atomic E-state index is 1.02. The summed E-state index contributed by atoms with van der Waals surface area (Å²) in [6.45, 7) is 0. The van der Waals surface area contributed by atoms with Gasteiger partial charge in [-0.25, -0.2) is 0 Å². The highest BCUT2D eigenvalue weighted by molar-refractivity contribution is 9.10. The summed E-state index contributed by atoms with van der Waals surface area (Å²) in [5.74, 6) is 0. The van der Waals surface area contributed by atoms with Gasteiger partial charge in [0.1, 0.15) is 0 Å². The van der Waals surface area contributed by atoms with E-state index in [2.05, 4.69) is 82.7 Å². The van der Waals surface area contributed by atoms with E-state index in [9.17, 15) is 0 Å². The first-order valence-corrected chi connectivity index (χ1v) is 7.58. The number of halogens is 1. The zero-order valence-corrected chi connectivity index (χ0v) is 12.5. The molecule has 0 atom stereocenters. The quantitative estimate of drug-likeness (QED) is 0.539. The Morgan fingerprint density at radius 3 is 2.65 bits per heavy atom. The van der Waals surface area contributed by atoms with E-state index in [-0.39, 0.29) is 0 Å². The second kappa shape index (κ2) is 4.60. The summed E-state index contributed by atoms with van der Waals surface area (Å²) in [7, 11) is 0. The maximum atomic E-state index is 3.55. The van der Waals surface area contributed by atoms with Gasteiger partial charge in [0.25, 0.3) is 0 Å². The Bertz CT molecular complexity index is 838. The van der Waals surface area contributed by atoms with Gasteiger partial charge in [-0.3, -0.25) is 0 Å². The average Bonchev–Trinajstić information content (AvgIpc) is 2.89. The van der Waals surface area contributed by atoms with Gasteiger partial charge in [0.2, 0.25) is 0 Å². The third-order valence-corrected chi connectivity index (χ3v) is 4.45. The van der Waals surface area contributed by atoms with Crippen molar-refractivity contribution in [2.24, 2.45) is 0 Å². The lowest BCUT2D eigenvalue weighted by molar-refractivity contribution is 1.32. The summed E-state index contributed by atoms with van der Waals surface area (Å²) in [5.41, 5.74) is 5.52. The van der Waals surface area contributed by atoms with Gasteiger partial charge in [-0.1, -0.05) is 70.5 Å². The van der Waals surface area contributed by atoms with Crippen LogP contribution in [0.25, 0.3) is 22.4 Å². The molecule has 1 heteroatoms. The van der Waals surface area contributed by atoms with Crippen molar-refractivity contribution in [2.75, 3.05) is 0 Å². The molecule has 0 aliphatic heterocycles. The van der Waals surface area contributed by atoms with Crippen molar-refractivity contribution >= 4 is 38.4 Å². The molecule has 0 fully saturated rings.